The Morgan fingerprint density at radius 2 is 2.16 bits per heavy atom. The number of esters is 1. The summed E-state index contributed by atoms with van der Waals surface area (Å²) in [6.45, 7) is 6.53. The second kappa shape index (κ2) is 10.6. The van der Waals surface area contributed by atoms with Gasteiger partial charge in [-0.3, -0.25) is 4.79 Å². The Balaban J connectivity index is 0.00000312. The van der Waals surface area contributed by atoms with Crippen LogP contribution in [0.3, 0.4) is 0 Å². The summed E-state index contributed by atoms with van der Waals surface area (Å²) in [7, 11) is 1.35. The molecule has 2 N–H and O–H groups in total. The summed E-state index contributed by atoms with van der Waals surface area (Å²) in [6.07, 6.45) is 6.81. The molecule has 1 heterocycles. The van der Waals surface area contributed by atoms with Crippen LogP contribution in [-0.4, -0.2) is 47.1 Å². The fourth-order valence-electron chi connectivity index (χ4n) is 2.79. The monoisotopic (exact) mass is 464 g/mol. The Morgan fingerprint density at radius 1 is 1.40 bits per heavy atom. The number of nitrogens with zero attached hydrogens (tertiary/aromatic N) is 4. The van der Waals surface area contributed by atoms with E-state index in [1.165, 1.54) is 37.5 Å². The largest absolute Gasteiger partial charge is 0.468 e. The highest BCUT2D eigenvalue weighted by molar-refractivity contribution is 14.0. The number of carbonyl (C=O) groups is 1. The van der Waals surface area contributed by atoms with E-state index in [2.05, 4.69) is 37.6 Å². The maximum absolute atomic E-state index is 11.2. The number of nitrogens with one attached hydrogen (secondary N) is 2. The summed E-state index contributed by atoms with van der Waals surface area (Å²) >= 11 is 0. The van der Waals surface area contributed by atoms with Gasteiger partial charge >= 0.3 is 5.97 Å². The quantitative estimate of drug-likeness (QED) is 0.263. The van der Waals surface area contributed by atoms with Crippen LogP contribution in [0.1, 0.15) is 45.2 Å². The highest BCUT2D eigenvalue weighted by Gasteiger charge is 2.34. The van der Waals surface area contributed by atoms with E-state index in [-0.39, 0.29) is 36.5 Å². The molecule has 8 nitrogen and oxygen atoms in total. The number of hydrogen-bond donors (Lipinski definition) is 2. The summed E-state index contributed by atoms with van der Waals surface area (Å²) in [6, 6.07) is 0. The van der Waals surface area contributed by atoms with Crippen molar-refractivity contribution in [2.75, 3.05) is 20.2 Å². The van der Waals surface area contributed by atoms with Gasteiger partial charge in [-0.1, -0.05) is 18.6 Å². The van der Waals surface area contributed by atoms with Crippen LogP contribution in [-0.2, 0) is 22.6 Å². The number of hydrogen-bond acceptors (Lipinski definition) is 5. The standard InChI is InChI=1S/C16H28N6O2.HI/c1-4-16(7-6-8-16)12-19-15(17-5-2)18-9-13-10-22(21-20-13)11-14(23)24-3;/h10H,4-9,11-12H2,1-3H3,(H2,17,18,19);1H. The van der Waals surface area contributed by atoms with Crippen molar-refractivity contribution < 1.29 is 9.53 Å². The fraction of sp³-hybridized carbons (Fsp3) is 0.750. The van der Waals surface area contributed by atoms with Crippen molar-refractivity contribution in [2.45, 2.75) is 52.6 Å². The van der Waals surface area contributed by atoms with Crippen molar-refractivity contribution in [3.05, 3.63) is 11.9 Å². The van der Waals surface area contributed by atoms with Crippen LogP contribution in [0.25, 0.3) is 0 Å². The molecule has 1 fully saturated rings. The van der Waals surface area contributed by atoms with E-state index in [1.807, 2.05) is 6.92 Å². The molecule has 1 aliphatic rings. The van der Waals surface area contributed by atoms with Crippen molar-refractivity contribution in [1.82, 2.24) is 25.6 Å². The molecular weight excluding hydrogens is 435 g/mol. The summed E-state index contributed by atoms with van der Waals surface area (Å²) < 4.78 is 6.06. The maximum atomic E-state index is 11.2. The number of aromatic nitrogens is 3. The molecule has 1 aromatic heterocycles. The highest BCUT2D eigenvalue weighted by atomic mass is 127. The number of carbonyl (C=O) groups excluding carboxylic acids is 1. The lowest BCUT2D eigenvalue weighted by Crippen LogP contribution is -2.46. The lowest BCUT2D eigenvalue weighted by Gasteiger charge is -2.41. The summed E-state index contributed by atoms with van der Waals surface area (Å²) in [5.74, 6) is 0.440. The van der Waals surface area contributed by atoms with Crippen LogP contribution in [0.15, 0.2) is 11.2 Å². The number of ether oxygens (including phenoxy) is 1. The van der Waals surface area contributed by atoms with Gasteiger partial charge in [0, 0.05) is 13.1 Å². The van der Waals surface area contributed by atoms with E-state index in [1.54, 1.807) is 6.20 Å². The second-order valence-corrected chi connectivity index (χ2v) is 6.24. The van der Waals surface area contributed by atoms with Crippen molar-refractivity contribution in [3.8, 4) is 0 Å². The lowest BCUT2D eigenvalue weighted by molar-refractivity contribution is -0.141. The zero-order chi connectivity index (χ0) is 17.4. The molecule has 25 heavy (non-hydrogen) atoms. The topological polar surface area (TPSA) is 93.4 Å². The van der Waals surface area contributed by atoms with Crippen molar-refractivity contribution in [1.29, 1.82) is 0 Å². The molecule has 1 aromatic rings. The van der Waals surface area contributed by atoms with E-state index in [0.717, 1.165) is 19.0 Å². The van der Waals surface area contributed by atoms with Crippen LogP contribution < -0.4 is 10.6 Å². The zero-order valence-electron chi connectivity index (χ0n) is 15.2. The van der Waals surface area contributed by atoms with Crippen molar-refractivity contribution in [2.24, 2.45) is 10.4 Å². The Kier molecular flexibility index (Phi) is 9.15. The predicted octanol–water partition coefficient (Wildman–Crippen LogP) is 1.70. The minimum absolute atomic E-state index is 0. The van der Waals surface area contributed by atoms with E-state index < -0.39 is 0 Å². The molecular formula is C16H29IN6O2. The van der Waals surface area contributed by atoms with Crippen LogP contribution in [0.2, 0.25) is 0 Å². The molecule has 2 rings (SSSR count). The molecule has 0 aliphatic heterocycles. The number of aliphatic imine (C=N–C) groups is 1. The molecule has 0 atom stereocenters. The first kappa shape index (κ1) is 21.7. The molecule has 0 amide bonds. The van der Waals surface area contributed by atoms with Gasteiger partial charge in [-0.2, -0.15) is 0 Å². The van der Waals surface area contributed by atoms with Gasteiger partial charge in [0.15, 0.2) is 5.96 Å². The number of halogens is 1. The van der Waals surface area contributed by atoms with Crippen LogP contribution in [0.4, 0.5) is 0 Å². The number of methoxy groups -OCH3 is 1. The van der Waals surface area contributed by atoms with Crippen LogP contribution >= 0.6 is 24.0 Å². The molecule has 0 radical (unpaired) electrons. The molecule has 142 valence electrons. The van der Waals surface area contributed by atoms with Crippen LogP contribution in [0.5, 0.6) is 0 Å². The third-order valence-corrected chi connectivity index (χ3v) is 4.64. The normalized spacial score (nSPS) is 15.7. The number of guanidine groups is 1. The van der Waals surface area contributed by atoms with Gasteiger partial charge in [-0.05, 0) is 31.6 Å². The van der Waals surface area contributed by atoms with Gasteiger partial charge in [-0.15, -0.1) is 29.1 Å². The molecule has 1 saturated carbocycles. The van der Waals surface area contributed by atoms with Gasteiger partial charge in [0.05, 0.1) is 19.9 Å². The van der Waals surface area contributed by atoms with E-state index in [0.29, 0.717) is 17.7 Å². The van der Waals surface area contributed by atoms with E-state index in [9.17, 15) is 4.79 Å². The summed E-state index contributed by atoms with van der Waals surface area (Å²) in [5.41, 5.74) is 1.14. The van der Waals surface area contributed by atoms with Crippen molar-refractivity contribution in [3.63, 3.8) is 0 Å². The first-order valence-electron chi connectivity index (χ1n) is 8.59. The molecule has 9 heteroatoms. The Hall–Kier alpha value is -1.39. The molecule has 0 bridgehead atoms. The first-order chi connectivity index (χ1) is 11.6. The fourth-order valence-corrected chi connectivity index (χ4v) is 2.79. The lowest BCUT2D eigenvalue weighted by atomic mass is 9.67. The Bertz CT molecular complexity index is 565. The highest BCUT2D eigenvalue weighted by Crippen LogP contribution is 2.42. The first-order valence-corrected chi connectivity index (χ1v) is 8.59. The SMILES string of the molecule is CCNC(=NCc1cn(CC(=O)OC)nn1)NCC1(CC)CCC1.I. The predicted molar refractivity (Wildman–Crippen MR) is 107 cm³/mol. The minimum Gasteiger partial charge on any atom is -0.468 e. The average molecular weight is 464 g/mol. The van der Waals surface area contributed by atoms with Gasteiger partial charge in [-0.25, -0.2) is 9.67 Å². The molecule has 0 unspecified atom stereocenters. The van der Waals surface area contributed by atoms with Gasteiger partial charge in [0.2, 0.25) is 0 Å². The van der Waals surface area contributed by atoms with Crippen molar-refractivity contribution >= 4 is 35.9 Å². The number of rotatable bonds is 8. The third-order valence-electron chi connectivity index (χ3n) is 4.64. The zero-order valence-corrected chi connectivity index (χ0v) is 17.6. The average Bonchev–Trinajstić information content (AvgIpc) is 2.99. The smallest absolute Gasteiger partial charge is 0.327 e. The minimum atomic E-state index is -0.352. The molecule has 0 aromatic carbocycles. The van der Waals surface area contributed by atoms with Crippen LogP contribution in [0, 0.1) is 5.41 Å². The molecule has 0 spiro atoms. The van der Waals surface area contributed by atoms with E-state index >= 15 is 0 Å². The second-order valence-electron chi connectivity index (χ2n) is 6.24. The molecule has 0 saturated heterocycles. The third kappa shape index (κ3) is 6.44. The Morgan fingerprint density at radius 3 is 2.72 bits per heavy atom. The maximum Gasteiger partial charge on any atom is 0.327 e. The van der Waals surface area contributed by atoms with Gasteiger partial charge in [0.25, 0.3) is 0 Å². The summed E-state index contributed by atoms with van der Waals surface area (Å²) in [4.78, 5) is 15.8. The molecule has 1 aliphatic carbocycles. The van der Waals surface area contributed by atoms with Gasteiger partial charge < -0.3 is 15.4 Å². The van der Waals surface area contributed by atoms with E-state index in [4.69, 9.17) is 0 Å². The Labute approximate surface area is 166 Å². The summed E-state index contributed by atoms with van der Waals surface area (Å²) in [5, 5.41) is 14.6. The van der Waals surface area contributed by atoms with Gasteiger partial charge in [0.1, 0.15) is 12.2 Å².